The second-order valence-electron chi connectivity index (χ2n) is 7.76. The van der Waals surface area contributed by atoms with Crippen LogP contribution in [0.25, 0.3) is 10.9 Å². The Morgan fingerprint density at radius 1 is 1.19 bits per heavy atom. The zero-order chi connectivity index (χ0) is 22.0. The van der Waals surface area contributed by atoms with Crippen molar-refractivity contribution in [1.82, 2.24) is 25.1 Å². The van der Waals surface area contributed by atoms with Crippen LogP contribution in [-0.2, 0) is 11.2 Å². The number of carbonyl (C=O) groups is 2. The lowest BCUT2D eigenvalue weighted by Gasteiger charge is -2.34. The molecule has 1 aliphatic heterocycles. The molecule has 9 heteroatoms. The molecule has 3 heterocycles. The van der Waals surface area contributed by atoms with Crippen LogP contribution in [0.5, 0.6) is 0 Å². The number of hydrogen-bond acceptors (Lipinski definition) is 4. The van der Waals surface area contributed by atoms with Gasteiger partial charge in [-0.25, -0.2) is 9.37 Å². The number of aromatic nitrogens is 2. The number of aromatic amines is 1. The molecule has 1 atom stereocenters. The Hall–Kier alpha value is -2.97. The maximum atomic E-state index is 13.3. The van der Waals surface area contributed by atoms with Gasteiger partial charge in [0.15, 0.2) is 0 Å². The summed E-state index contributed by atoms with van der Waals surface area (Å²) in [6, 6.07) is 8.52. The van der Waals surface area contributed by atoms with E-state index >= 15 is 0 Å². The number of nitrogens with zero attached hydrogens (tertiary/aromatic N) is 3. The third-order valence-electron chi connectivity index (χ3n) is 5.49. The molecule has 1 aromatic carbocycles. The number of nitrogens with one attached hydrogen (secondary N) is 2. The van der Waals surface area contributed by atoms with Crippen LogP contribution in [0.1, 0.15) is 16.1 Å². The maximum Gasteiger partial charge on any atom is 0.268 e. The van der Waals surface area contributed by atoms with Crippen molar-refractivity contribution in [2.45, 2.75) is 12.5 Å². The SMILES string of the molecule is CN1CCN(C(=O)[C@H](Cc2ccc(F)cc2)NC(=O)c2cc3cc(Cl)ncc3[nH]2)CC1. The summed E-state index contributed by atoms with van der Waals surface area (Å²) in [4.78, 5) is 37.1. The first-order valence-corrected chi connectivity index (χ1v) is 10.4. The molecule has 0 spiro atoms. The highest BCUT2D eigenvalue weighted by Crippen LogP contribution is 2.18. The Balaban J connectivity index is 1.55. The Morgan fingerprint density at radius 2 is 1.90 bits per heavy atom. The summed E-state index contributed by atoms with van der Waals surface area (Å²) in [6.45, 7) is 2.75. The number of fused-ring (bicyclic) bond motifs is 1. The fourth-order valence-corrected chi connectivity index (χ4v) is 3.83. The van der Waals surface area contributed by atoms with Gasteiger partial charge in [0.25, 0.3) is 5.91 Å². The molecule has 0 aliphatic carbocycles. The molecular formula is C22H23ClFN5O2. The van der Waals surface area contributed by atoms with Gasteiger partial charge in [-0.3, -0.25) is 9.59 Å². The van der Waals surface area contributed by atoms with Crippen LogP contribution < -0.4 is 5.32 Å². The molecule has 2 amide bonds. The molecule has 0 bridgehead atoms. The van der Waals surface area contributed by atoms with Crippen molar-refractivity contribution in [2.24, 2.45) is 0 Å². The molecule has 1 fully saturated rings. The summed E-state index contributed by atoms with van der Waals surface area (Å²) in [7, 11) is 2.01. The number of benzene rings is 1. The molecule has 2 aromatic heterocycles. The minimum atomic E-state index is -0.769. The molecule has 4 rings (SSSR count). The first kappa shape index (κ1) is 21.3. The third kappa shape index (κ3) is 5.03. The minimum Gasteiger partial charge on any atom is -0.349 e. The van der Waals surface area contributed by atoms with Crippen molar-refractivity contribution in [3.05, 3.63) is 64.8 Å². The quantitative estimate of drug-likeness (QED) is 0.593. The molecule has 0 saturated carbocycles. The third-order valence-corrected chi connectivity index (χ3v) is 5.69. The highest BCUT2D eigenvalue weighted by Gasteiger charge is 2.29. The number of H-pyrrole nitrogens is 1. The van der Waals surface area contributed by atoms with E-state index in [4.69, 9.17) is 11.6 Å². The van der Waals surface area contributed by atoms with Crippen LogP contribution in [0.15, 0.2) is 42.6 Å². The summed E-state index contributed by atoms with van der Waals surface area (Å²) in [6.07, 6.45) is 1.82. The molecule has 0 unspecified atom stereocenters. The van der Waals surface area contributed by atoms with Crippen LogP contribution in [-0.4, -0.2) is 70.9 Å². The molecule has 2 N–H and O–H groups in total. The lowest BCUT2D eigenvalue weighted by Crippen LogP contribution is -2.55. The zero-order valence-electron chi connectivity index (χ0n) is 17.1. The minimum absolute atomic E-state index is 0.147. The monoisotopic (exact) mass is 443 g/mol. The lowest BCUT2D eigenvalue weighted by molar-refractivity contribution is -0.134. The van der Waals surface area contributed by atoms with Gasteiger partial charge >= 0.3 is 0 Å². The summed E-state index contributed by atoms with van der Waals surface area (Å²) in [5.41, 5.74) is 1.76. The van der Waals surface area contributed by atoms with Crippen LogP contribution >= 0.6 is 11.6 Å². The molecule has 1 saturated heterocycles. The van der Waals surface area contributed by atoms with Gasteiger partial charge in [-0.1, -0.05) is 23.7 Å². The number of carbonyl (C=O) groups excluding carboxylic acids is 2. The average molecular weight is 444 g/mol. The topological polar surface area (TPSA) is 81.3 Å². The molecular weight excluding hydrogens is 421 g/mol. The average Bonchev–Trinajstić information content (AvgIpc) is 3.18. The second-order valence-corrected chi connectivity index (χ2v) is 8.15. The van der Waals surface area contributed by atoms with E-state index in [2.05, 4.69) is 20.2 Å². The Labute approximate surface area is 184 Å². The van der Waals surface area contributed by atoms with Crippen molar-refractivity contribution in [3.8, 4) is 0 Å². The predicted octanol–water partition coefficient (Wildman–Crippen LogP) is 2.47. The number of halogens is 2. The van der Waals surface area contributed by atoms with Gasteiger partial charge in [0.2, 0.25) is 5.91 Å². The van der Waals surface area contributed by atoms with E-state index in [9.17, 15) is 14.0 Å². The Kier molecular flexibility index (Phi) is 6.20. The van der Waals surface area contributed by atoms with Gasteiger partial charge in [-0.05, 0) is 36.9 Å². The van der Waals surface area contributed by atoms with Crippen LogP contribution in [0, 0.1) is 5.82 Å². The standard InChI is InChI=1S/C22H23ClFN5O2/c1-28-6-8-29(9-7-28)22(31)18(10-14-2-4-16(24)5-3-14)27-21(30)17-11-15-12-20(23)25-13-19(15)26-17/h2-5,11-13,18,26H,6-10H2,1H3,(H,27,30)/t18-/m0/s1. The van der Waals surface area contributed by atoms with Crippen molar-refractivity contribution < 1.29 is 14.0 Å². The van der Waals surface area contributed by atoms with Crippen LogP contribution in [0.3, 0.4) is 0 Å². The normalized spacial score (nSPS) is 15.8. The van der Waals surface area contributed by atoms with E-state index < -0.39 is 11.9 Å². The number of hydrogen-bond donors (Lipinski definition) is 2. The number of pyridine rings is 1. The van der Waals surface area contributed by atoms with E-state index in [0.717, 1.165) is 24.0 Å². The first-order valence-electron chi connectivity index (χ1n) is 10.1. The fraction of sp³-hybridized carbons (Fsp3) is 0.318. The largest absolute Gasteiger partial charge is 0.349 e. The van der Waals surface area contributed by atoms with Crippen LogP contribution in [0.4, 0.5) is 4.39 Å². The Morgan fingerprint density at radius 3 is 2.61 bits per heavy atom. The van der Waals surface area contributed by atoms with Gasteiger partial charge in [-0.2, -0.15) is 0 Å². The van der Waals surface area contributed by atoms with E-state index in [-0.39, 0.29) is 18.1 Å². The van der Waals surface area contributed by atoms with Gasteiger partial charge in [0.1, 0.15) is 22.7 Å². The number of rotatable bonds is 5. The summed E-state index contributed by atoms with van der Waals surface area (Å²) < 4.78 is 13.3. The summed E-state index contributed by atoms with van der Waals surface area (Å²) in [5, 5.41) is 3.94. The lowest BCUT2D eigenvalue weighted by atomic mass is 10.0. The maximum absolute atomic E-state index is 13.3. The van der Waals surface area contributed by atoms with Crippen molar-refractivity contribution in [2.75, 3.05) is 33.2 Å². The van der Waals surface area contributed by atoms with Crippen molar-refractivity contribution in [3.63, 3.8) is 0 Å². The van der Waals surface area contributed by atoms with Gasteiger partial charge in [0.05, 0.1) is 11.7 Å². The smallest absolute Gasteiger partial charge is 0.268 e. The van der Waals surface area contributed by atoms with Gasteiger partial charge in [0, 0.05) is 38.0 Å². The van der Waals surface area contributed by atoms with E-state index in [1.807, 2.05) is 7.05 Å². The molecule has 0 radical (unpaired) electrons. The van der Waals surface area contributed by atoms with Crippen molar-refractivity contribution in [1.29, 1.82) is 0 Å². The van der Waals surface area contributed by atoms with E-state index in [0.29, 0.717) is 29.5 Å². The van der Waals surface area contributed by atoms with E-state index in [1.54, 1.807) is 35.4 Å². The number of amides is 2. The fourth-order valence-electron chi connectivity index (χ4n) is 3.67. The van der Waals surface area contributed by atoms with Gasteiger partial charge < -0.3 is 20.1 Å². The van der Waals surface area contributed by atoms with Crippen LogP contribution in [0.2, 0.25) is 5.15 Å². The van der Waals surface area contributed by atoms with Gasteiger partial charge in [-0.15, -0.1) is 0 Å². The highest BCUT2D eigenvalue weighted by atomic mass is 35.5. The summed E-state index contributed by atoms with van der Waals surface area (Å²) in [5.74, 6) is -0.895. The molecule has 7 nitrogen and oxygen atoms in total. The molecule has 3 aromatic rings. The van der Waals surface area contributed by atoms with Crippen molar-refractivity contribution >= 4 is 34.3 Å². The molecule has 162 valence electrons. The predicted molar refractivity (Wildman–Crippen MR) is 117 cm³/mol. The zero-order valence-corrected chi connectivity index (χ0v) is 17.8. The summed E-state index contributed by atoms with van der Waals surface area (Å²) >= 11 is 5.93. The first-order chi connectivity index (χ1) is 14.9. The Bertz CT molecular complexity index is 1090. The second kappa shape index (κ2) is 9.03. The number of piperazine rings is 1. The van der Waals surface area contributed by atoms with E-state index in [1.165, 1.54) is 12.1 Å². The molecule has 31 heavy (non-hydrogen) atoms. The number of likely N-dealkylation sites (N-methyl/N-ethyl adjacent to an activating group) is 1. The molecule has 1 aliphatic rings. The highest BCUT2D eigenvalue weighted by molar-refractivity contribution is 6.30.